The van der Waals surface area contributed by atoms with Crippen molar-refractivity contribution in [3.63, 3.8) is 0 Å². The van der Waals surface area contributed by atoms with Crippen molar-refractivity contribution in [2.24, 2.45) is 5.73 Å². The van der Waals surface area contributed by atoms with Crippen LogP contribution in [-0.2, 0) is 16.0 Å². The van der Waals surface area contributed by atoms with E-state index in [1.807, 2.05) is 24.3 Å². The Bertz CT molecular complexity index is 890. The zero-order chi connectivity index (χ0) is 18.7. The molecule has 0 unspecified atom stereocenters. The third kappa shape index (κ3) is 4.74. The molecule has 0 bridgehead atoms. The van der Waals surface area contributed by atoms with Crippen molar-refractivity contribution in [3.8, 4) is 0 Å². The molecule has 2 aromatic rings. The highest BCUT2D eigenvalue weighted by molar-refractivity contribution is 6.12. The summed E-state index contributed by atoms with van der Waals surface area (Å²) in [5.74, 6) is -0.916. The molecule has 0 spiro atoms. The number of nitrogens with one attached hydrogen (secondary N) is 1. The second-order valence-corrected chi connectivity index (χ2v) is 6.15. The van der Waals surface area contributed by atoms with Gasteiger partial charge in [0.15, 0.2) is 0 Å². The SMILES string of the molecule is Cl.N=C(N)c1ccc(N2CC(c3ccc(CCC(=O)O)cc3)=CC2=O)cc1. The number of rotatable bonds is 6. The first kappa shape index (κ1) is 20.2. The van der Waals surface area contributed by atoms with Gasteiger partial charge in [-0.2, -0.15) is 0 Å². The van der Waals surface area contributed by atoms with Crippen molar-refractivity contribution in [2.75, 3.05) is 11.4 Å². The highest BCUT2D eigenvalue weighted by Crippen LogP contribution is 2.27. The maximum absolute atomic E-state index is 12.3. The van der Waals surface area contributed by atoms with Gasteiger partial charge in [0.25, 0.3) is 5.91 Å². The van der Waals surface area contributed by atoms with E-state index in [0.717, 1.165) is 22.4 Å². The smallest absolute Gasteiger partial charge is 0.303 e. The summed E-state index contributed by atoms with van der Waals surface area (Å²) in [5, 5.41) is 16.2. The summed E-state index contributed by atoms with van der Waals surface area (Å²) in [7, 11) is 0. The Morgan fingerprint density at radius 1 is 1.11 bits per heavy atom. The number of carboxylic acids is 1. The average Bonchev–Trinajstić information content (AvgIpc) is 3.02. The lowest BCUT2D eigenvalue weighted by molar-refractivity contribution is -0.137. The summed E-state index contributed by atoms with van der Waals surface area (Å²) < 4.78 is 0. The van der Waals surface area contributed by atoms with Gasteiger partial charge >= 0.3 is 5.97 Å². The first-order chi connectivity index (χ1) is 12.4. The molecule has 1 aliphatic heterocycles. The zero-order valence-electron chi connectivity index (χ0n) is 14.5. The number of hydrogen-bond acceptors (Lipinski definition) is 3. The van der Waals surface area contributed by atoms with Crippen molar-refractivity contribution in [1.82, 2.24) is 0 Å². The molecule has 0 saturated carbocycles. The molecule has 0 fully saturated rings. The van der Waals surface area contributed by atoms with Gasteiger partial charge in [-0.05, 0) is 47.4 Å². The lowest BCUT2D eigenvalue weighted by Crippen LogP contribution is -2.25. The molecule has 7 heteroatoms. The van der Waals surface area contributed by atoms with Crippen LogP contribution in [0.2, 0.25) is 0 Å². The van der Waals surface area contributed by atoms with Gasteiger partial charge in [-0.3, -0.25) is 15.0 Å². The molecule has 140 valence electrons. The maximum Gasteiger partial charge on any atom is 0.303 e. The number of halogens is 1. The number of carbonyl (C=O) groups excluding carboxylic acids is 1. The molecular weight excluding hydrogens is 366 g/mol. The van der Waals surface area contributed by atoms with Crippen molar-refractivity contribution in [1.29, 1.82) is 5.41 Å². The van der Waals surface area contributed by atoms with Crippen LogP contribution in [0, 0.1) is 5.41 Å². The standard InChI is InChI=1S/C20H19N3O3.ClH/c21-20(22)15-6-8-17(9-7-15)23-12-16(11-18(23)24)14-4-1-13(2-5-14)3-10-19(25)26;/h1-2,4-9,11H,3,10,12H2,(H3,21,22)(H,25,26);1H. The maximum atomic E-state index is 12.3. The Morgan fingerprint density at radius 3 is 2.30 bits per heavy atom. The fraction of sp³-hybridized carbons (Fsp3) is 0.150. The quantitative estimate of drug-likeness (QED) is 0.524. The monoisotopic (exact) mass is 385 g/mol. The lowest BCUT2D eigenvalue weighted by atomic mass is 10.0. The number of hydrogen-bond donors (Lipinski definition) is 3. The van der Waals surface area contributed by atoms with E-state index in [1.165, 1.54) is 0 Å². The molecule has 1 heterocycles. The van der Waals surface area contributed by atoms with Crippen molar-refractivity contribution in [3.05, 3.63) is 71.3 Å². The molecule has 1 amide bonds. The van der Waals surface area contributed by atoms with E-state index in [2.05, 4.69) is 0 Å². The van der Waals surface area contributed by atoms with E-state index >= 15 is 0 Å². The van der Waals surface area contributed by atoms with Gasteiger partial charge in [0, 0.05) is 23.7 Å². The number of carboxylic acid groups (broad SMARTS) is 1. The number of aliphatic carboxylic acids is 1. The van der Waals surface area contributed by atoms with Crippen LogP contribution in [-0.4, -0.2) is 29.4 Å². The van der Waals surface area contributed by atoms with Crippen LogP contribution >= 0.6 is 12.4 Å². The van der Waals surface area contributed by atoms with Crippen molar-refractivity contribution in [2.45, 2.75) is 12.8 Å². The predicted molar refractivity (Wildman–Crippen MR) is 107 cm³/mol. The Labute approximate surface area is 163 Å². The summed E-state index contributed by atoms with van der Waals surface area (Å²) >= 11 is 0. The number of benzene rings is 2. The molecule has 27 heavy (non-hydrogen) atoms. The molecule has 2 aromatic carbocycles. The van der Waals surface area contributed by atoms with E-state index in [-0.39, 0.29) is 30.6 Å². The molecule has 0 atom stereocenters. The summed E-state index contributed by atoms with van der Waals surface area (Å²) in [5.41, 5.74) is 9.64. The first-order valence-corrected chi connectivity index (χ1v) is 8.21. The fourth-order valence-corrected chi connectivity index (χ4v) is 2.87. The lowest BCUT2D eigenvalue weighted by Gasteiger charge is -2.17. The second kappa shape index (κ2) is 8.51. The van der Waals surface area contributed by atoms with Gasteiger partial charge in [0.1, 0.15) is 5.84 Å². The topological polar surface area (TPSA) is 107 Å². The van der Waals surface area contributed by atoms with Crippen molar-refractivity contribution < 1.29 is 14.7 Å². The summed E-state index contributed by atoms with van der Waals surface area (Å²) in [6.45, 7) is 0.465. The van der Waals surface area contributed by atoms with Crippen LogP contribution in [0.15, 0.2) is 54.6 Å². The number of nitrogens with zero attached hydrogens (tertiary/aromatic N) is 1. The molecule has 0 radical (unpaired) electrons. The number of amides is 1. The van der Waals surface area contributed by atoms with E-state index in [0.29, 0.717) is 18.5 Å². The Kier molecular flexibility index (Phi) is 6.36. The highest BCUT2D eigenvalue weighted by Gasteiger charge is 2.23. The van der Waals surface area contributed by atoms with Gasteiger partial charge in [0.05, 0.1) is 6.54 Å². The average molecular weight is 386 g/mol. The van der Waals surface area contributed by atoms with Gasteiger partial charge in [0.2, 0.25) is 0 Å². The van der Waals surface area contributed by atoms with Gasteiger partial charge in [-0.25, -0.2) is 0 Å². The number of carbonyl (C=O) groups is 2. The van der Waals surface area contributed by atoms with Crippen LogP contribution in [0.1, 0.15) is 23.1 Å². The number of aryl methyl sites for hydroxylation is 1. The Balaban J connectivity index is 0.00000261. The molecule has 0 aromatic heterocycles. The minimum absolute atomic E-state index is 0. The van der Waals surface area contributed by atoms with Gasteiger partial charge in [-0.1, -0.05) is 24.3 Å². The minimum Gasteiger partial charge on any atom is -0.481 e. The van der Waals surface area contributed by atoms with Crippen LogP contribution in [0.25, 0.3) is 5.57 Å². The molecule has 0 saturated heterocycles. The van der Waals surface area contributed by atoms with E-state index in [9.17, 15) is 9.59 Å². The molecule has 3 rings (SSSR count). The summed E-state index contributed by atoms with van der Waals surface area (Å²) in [6, 6.07) is 14.6. The molecule has 0 aliphatic carbocycles. The Morgan fingerprint density at radius 2 is 1.74 bits per heavy atom. The third-order valence-corrected chi connectivity index (χ3v) is 4.33. The van der Waals surface area contributed by atoms with E-state index in [1.54, 1.807) is 35.2 Å². The minimum atomic E-state index is -0.815. The predicted octanol–water partition coefficient (Wildman–Crippen LogP) is 2.84. The molecule has 4 N–H and O–H groups in total. The molecule has 1 aliphatic rings. The van der Waals surface area contributed by atoms with Gasteiger partial charge < -0.3 is 15.7 Å². The van der Waals surface area contributed by atoms with Crippen LogP contribution in [0.5, 0.6) is 0 Å². The third-order valence-electron chi connectivity index (χ3n) is 4.33. The second-order valence-electron chi connectivity index (χ2n) is 6.15. The van der Waals surface area contributed by atoms with Crippen LogP contribution in [0.3, 0.4) is 0 Å². The number of nitrogen functional groups attached to an aromatic ring is 1. The normalized spacial score (nSPS) is 13.1. The number of amidine groups is 1. The molecular formula is C20H20ClN3O3. The molecule has 6 nitrogen and oxygen atoms in total. The summed E-state index contributed by atoms with van der Waals surface area (Å²) in [6.07, 6.45) is 2.21. The van der Waals surface area contributed by atoms with Crippen LogP contribution in [0.4, 0.5) is 5.69 Å². The fourth-order valence-electron chi connectivity index (χ4n) is 2.87. The largest absolute Gasteiger partial charge is 0.481 e. The zero-order valence-corrected chi connectivity index (χ0v) is 15.3. The first-order valence-electron chi connectivity index (χ1n) is 8.21. The Hall–Kier alpha value is -3.12. The van der Waals surface area contributed by atoms with E-state index < -0.39 is 5.97 Å². The highest BCUT2D eigenvalue weighted by atomic mass is 35.5. The van der Waals surface area contributed by atoms with Crippen LogP contribution < -0.4 is 10.6 Å². The number of nitrogens with two attached hydrogens (primary N) is 1. The number of anilines is 1. The summed E-state index contributed by atoms with van der Waals surface area (Å²) in [4.78, 5) is 24.6. The van der Waals surface area contributed by atoms with E-state index in [4.69, 9.17) is 16.2 Å². The van der Waals surface area contributed by atoms with Crippen molar-refractivity contribution >= 4 is 41.4 Å². The van der Waals surface area contributed by atoms with Gasteiger partial charge in [-0.15, -0.1) is 12.4 Å².